The molecule has 2 saturated heterocycles. The van der Waals surface area contributed by atoms with Crippen LogP contribution < -0.4 is 16.0 Å². The fourth-order valence-electron chi connectivity index (χ4n) is 3.63. The van der Waals surface area contributed by atoms with Gasteiger partial charge in [-0.3, -0.25) is 13.8 Å². The molecule has 2 heterocycles. The van der Waals surface area contributed by atoms with Crippen molar-refractivity contribution in [3.63, 3.8) is 0 Å². The summed E-state index contributed by atoms with van der Waals surface area (Å²) in [5.74, 6) is 1.02. The fourth-order valence-corrected chi connectivity index (χ4v) is 6.08. The van der Waals surface area contributed by atoms with Crippen LogP contribution in [-0.2, 0) is 18.4 Å². The average Bonchev–Trinajstić information content (AvgIpc) is 3.19. The molecule has 0 unspecified atom stereocenters. The number of carbonyl (C=O) groups excluding carboxylic acids is 2. The van der Waals surface area contributed by atoms with E-state index in [1.807, 2.05) is 11.8 Å². The molecule has 4 atom stereocenters. The molecule has 30 heavy (non-hydrogen) atoms. The van der Waals surface area contributed by atoms with Crippen molar-refractivity contribution in [1.82, 2.24) is 16.0 Å². The number of rotatable bonds is 15. The van der Waals surface area contributed by atoms with E-state index in [9.17, 15) is 18.4 Å². The van der Waals surface area contributed by atoms with Crippen LogP contribution in [0.4, 0.5) is 8.99 Å². The SMILES string of the molecule is CC(C)O[P@@](=O)(F)OCCCCCCNC(=O)CCCC[C@@H]1SC[C@@H]2NC(=O)N[C@@H]21. The molecule has 0 spiro atoms. The Morgan fingerprint density at radius 1 is 1.23 bits per heavy atom. The van der Waals surface area contributed by atoms with Crippen molar-refractivity contribution in [3.8, 4) is 0 Å². The smallest absolute Gasteiger partial charge is 0.356 e. The van der Waals surface area contributed by atoms with E-state index in [0.29, 0.717) is 24.6 Å². The molecule has 0 radical (unpaired) electrons. The maximum atomic E-state index is 13.4. The molecular weight excluding hydrogens is 432 g/mol. The molecule has 2 aliphatic heterocycles. The van der Waals surface area contributed by atoms with Crippen LogP contribution in [0.25, 0.3) is 0 Å². The van der Waals surface area contributed by atoms with Crippen molar-refractivity contribution < 1.29 is 27.4 Å². The summed E-state index contributed by atoms with van der Waals surface area (Å²) in [7, 11) is -4.43. The number of fused-ring (bicyclic) bond motifs is 1. The van der Waals surface area contributed by atoms with Gasteiger partial charge < -0.3 is 16.0 Å². The van der Waals surface area contributed by atoms with E-state index in [4.69, 9.17) is 0 Å². The second kappa shape index (κ2) is 12.9. The topological polar surface area (TPSA) is 106 Å². The van der Waals surface area contributed by atoms with Crippen LogP contribution in [-0.4, -0.2) is 54.3 Å². The maximum Gasteiger partial charge on any atom is 0.513 e. The summed E-state index contributed by atoms with van der Waals surface area (Å²) >= 11 is 1.89. The third-order valence-electron chi connectivity index (χ3n) is 5.06. The van der Waals surface area contributed by atoms with Gasteiger partial charge in [0.05, 0.1) is 24.8 Å². The Kier molecular flexibility index (Phi) is 10.9. The summed E-state index contributed by atoms with van der Waals surface area (Å²) in [6, 6.07) is 0.406. The van der Waals surface area contributed by atoms with Gasteiger partial charge >= 0.3 is 13.9 Å². The normalized spacial score (nSPS) is 24.9. The van der Waals surface area contributed by atoms with Crippen LogP contribution in [0.2, 0.25) is 0 Å². The summed E-state index contributed by atoms with van der Waals surface area (Å²) in [6.07, 6.45) is 6.00. The van der Waals surface area contributed by atoms with Crippen molar-refractivity contribution in [3.05, 3.63) is 0 Å². The number of hydrogen-bond acceptors (Lipinski definition) is 6. The Labute approximate surface area is 182 Å². The number of halogens is 1. The van der Waals surface area contributed by atoms with E-state index in [0.717, 1.165) is 44.3 Å². The highest BCUT2D eigenvalue weighted by Crippen LogP contribution is 2.51. The number of thioether (sulfide) groups is 1. The lowest BCUT2D eigenvalue weighted by atomic mass is 10.0. The van der Waals surface area contributed by atoms with Gasteiger partial charge in [-0.15, -0.1) is 4.20 Å². The van der Waals surface area contributed by atoms with E-state index in [-0.39, 0.29) is 30.6 Å². The average molecular weight is 468 g/mol. The van der Waals surface area contributed by atoms with Crippen molar-refractivity contribution >= 4 is 31.6 Å². The van der Waals surface area contributed by atoms with Gasteiger partial charge in [-0.2, -0.15) is 11.8 Å². The van der Waals surface area contributed by atoms with Crippen molar-refractivity contribution in [1.29, 1.82) is 0 Å². The molecule has 2 fully saturated rings. The second-order valence-corrected chi connectivity index (χ2v) is 10.7. The molecule has 0 aromatic heterocycles. The quantitative estimate of drug-likeness (QED) is 0.192. The highest BCUT2D eigenvalue weighted by Gasteiger charge is 2.42. The minimum absolute atomic E-state index is 0.0630. The van der Waals surface area contributed by atoms with Crippen molar-refractivity contribution in [2.45, 2.75) is 88.7 Å². The first-order chi connectivity index (χ1) is 14.3. The van der Waals surface area contributed by atoms with Gasteiger partial charge in [0.25, 0.3) is 0 Å². The van der Waals surface area contributed by atoms with Gasteiger partial charge in [-0.1, -0.05) is 19.3 Å². The fraction of sp³-hybridized carbons (Fsp3) is 0.895. The van der Waals surface area contributed by atoms with Crippen molar-refractivity contribution in [2.24, 2.45) is 0 Å². The number of carbonyl (C=O) groups is 2. The third kappa shape index (κ3) is 9.54. The lowest BCUT2D eigenvalue weighted by Gasteiger charge is -2.16. The first kappa shape index (κ1) is 25.4. The van der Waals surface area contributed by atoms with E-state index in [2.05, 4.69) is 25.0 Å². The monoisotopic (exact) mass is 467 g/mol. The van der Waals surface area contributed by atoms with Gasteiger partial charge in [0, 0.05) is 24.0 Å². The molecule has 174 valence electrons. The highest BCUT2D eigenvalue weighted by molar-refractivity contribution is 8.00. The molecule has 0 aromatic rings. The first-order valence-electron chi connectivity index (χ1n) is 10.8. The Morgan fingerprint density at radius 3 is 2.77 bits per heavy atom. The molecule has 11 heteroatoms. The zero-order chi connectivity index (χ0) is 22.0. The molecule has 3 amide bonds. The van der Waals surface area contributed by atoms with Gasteiger partial charge in [0.1, 0.15) is 0 Å². The largest absolute Gasteiger partial charge is 0.513 e. The molecule has 0 aromatic carbocycles. The lowest BCUT2D eigenvalue weighted by molar-refractivity contribution is -0.121. The van der Waals surface area contributed by atoms with E-state index < -0.39 is 14.0 Å². The predicted molar refractivity (Wildman–Crippen MR) is 116 cm³/mol. The molecule has 3 N–H and O–H groups in total. The van der Waals surface area contributed by atoms with Crippen LogP contribution in [0.15, 0.2) is 0 Å². The Morgan fingerprint density at radius 2 is 2.00 bits per heavy atom. The minimum atomic E-state index is -4.43. The van der Waals surface area contributed by atoms with Crippen LogP contribution in [0.1, 0.15) is 65.2 Å². The summed E-state index contributed by atoms with van der Waals surface area (Å²) < 4.78 is 34.0. The third-order valence-corrected chi connectivity index (χ3v) is 7.73. The number of hydrogen-bond donors (Lipinski definition) is 3. The Hall–Kier alpha value is -0.830. The predicted octanol–water partition coefficient (Wildman–Crippen LogP) is 3.91. The van der Waals surface area contributed by atoms with E-state index in [1.54, 1.807) is 13.8 Å². The first-order valence-corrected chi connectivity index (χ1v) is 13.3. The van der Waals surface area contributed by atoms with Crippen LogP contribution in [0, 0.1) is 0 Å². The summed E-state index contributed by atoms with van der Waals surface area (Å²) in [4.78, 5) is 23.3. The molecule has 0 saturated carbocycles. The van der Waals surface area contributed by atoms with Gasteiger partial charge in [-0.05, 0) is 39.5 Å². The number of amides is 3. The number of unbranched alkanes of at least 4 members (excludes halogenated alkanes) is 4. The Bertz CT molecular complexity index is 613. The molecule has 2 aliphatic rings. The van der Waals surface area contributed by atoms with Gasteiger partial charge in [0.2, 0.25) is 5.91 Å². The van der Waals surface area contributed by atoms with Gasteiger partial charge in [0.15, 0.2) is 0 Å². The molecule has 0 aliphatic carbocycles. The number of nitrogens with one attached hydrogen (secondary N) is 3. The van der Waals surface area contributed by atoms with Crippen LogP contribution in [0.5, 0.6) is 0 Å². The molecule has 8 nitrogen and oxygen atoms in total. The Balaban J connectivity index is 1.39. The van der Waals surface area contributed by atoms with E-state index >= 15 is 0 Å². The zero-order valence-electron chi connectivity index (χ0n) is 17.9. The highest BCUT2D eigenvalue weighted by atomic mass is 32.2. The maximum absolute atomic E-state index is 13.4. The minimum Gasteiger partial charge on any atom is -0.356 e. The molecule has 0 bridgehead atoms. The lowest BCUT2D eigenvalue weighted by Crippen LogP contribution is -2.36. The second-order valence-electron chi connectivity index (χ2n) is 8.05. The van der Waals surface area contributed by atoms with Crippen LogP contribution >= 0.6 is 19.7 Å². The van der Waals surface area contributed by atoms with Crippen LogP contribution in [0.3, 0.4) is 0 Å². The summed E-state index contributed by atoms with van der Waals surface area (Å²) in [6.45, 7) is 3.88. The summed E-state index contributed by atoms with van der Waals surface area (Å²) in [5.41, 5.74) is 0. The molecule has 2 rings (SSSR count). The molecular formula is C19H35FN3O5PS. The van der Waals surface area contributed by atoms with E-state index in [1.165, 1.54) is 0 Å². The van der Waals surface area contributed by atoms with Gasteiger partial charge in [-0.25, -0.2) is 9.36 Å². The zero-order valence-corrected chi connectivity index (χ0v) is 19.6. The summed E-state index contributed by atoms with van der Waals surface area (Å²) in [5, 5.41) is 9.28. The number of urea groups is 1. The van der Waals surface area contributed by atoms with Crippen molar-refractivity contribution in [2.75, 3.05) is 18.9 Å². The standard InChI is InChI=1S/C19H35FN3O5PS/c1-14(2)28-29(20,26)27-12-8-4-3-7-11-21-17(24)10-6-5-9-16-18-15(13-30-16)22-19(25)23-18/h14-16,18H,3-13H2,1-2H3,(H,21,24)(H2,22,23,25)/t15-,16-,18-,29+/m0/s1.